The van der Waals surface area contributed by atoms with Crippen molar-refractivity contribution in [3.63, 3.8) is 0 Å². The maximum absolute atomic E-state index is 5.07. The Morgan fingerprint density at radius 3 is 3.00 bits per heavy atom. The molecule has 0 aliphatic rings. The third-order valence-electron chi connectivity index (χ3n) is 0.856. The molecule has 0 amide bonds. The van der Waals surface area contributed by atoms with E-state index in [2.05, 4.69) is 24.5 Å². The van der Waals surface area contributed by atoms with Crippen LogP contribution in [0.3, 0.4) is 0 Å². The van der Waals surface area contributed by atoms with Crippen LogP contribution in [0.1, 0.15) is 0 Å². The molecule has 0 rings (SSSR count). The van der Waals surface area contributed by atoms with E-state index in [4.69, 9.17) is 4.84 Å². The number of thiocarbonyl (C=S) groups is 1. The van der Waals surface area contributed by atoms with Crippen LogP contribution >= 0.6 is 12.2 Å². The highest BCUT2D eigenvalue weighted by molar-refractivity contribution is 7.79. The lowest BCUT2D eigenvalue weighted by Crippen LogP contribution is -2.19. The Morgan fingerprint density at radius 2 is 2.50 bits per heavy atom. The minimum atomic E-state index is 0.469. The lowest BCUT2D eigenvalue weighted by Gasteiger charge is -2.11. The van der Waals surface area contributed by atoms with Gasteiger partial charge in [0.1, 0.15) is 0 Å². The van der Waals surface area contributed by atoms with Crippen molar-refractivity contribution in [3.8, 4) is 0 Å². The summed E-state index contributed by atoms with van der Waals surface area (Å²) in [5, 5.41) is 3.20. The lowest BCUT2D eigenvalue weighted by atomic mass is 10.6. The highest BCUT2D eigenvalue weighted by atomic mass is 32.1. The Kier molecular flexibility index (Phi) is 6.33. The quantitative estimate of drug-likeness (QED) is 0.338. The van der Waals surface area contributed by atoms with Gasteiger partial charge in [-0.2, -0.15) is 5.06 Å². The molecule has 0 N–H and O–H groups in total. The van der Waals surface area contributed by atoms with Gasteiger partial charge in [0.15, 0.2) is 0 Å². The van der Waals surface area contributed by atoms with Gasteiger partial charge in [-0.15, -0.1) is 5.73 Å². The predicted molar refractivity (Wildman–Crippen MR) is 45.9 cm³/mol. The summed E-state index contributed by atoms with van der Waals surface area (Å²) in [5.41, 5.74) is 2.64. The van der Waals surface area contributed by atoms with Crippen molar-refractivity contribution in [3.05, 3.63) is 18.4 Å². The number of hydroxylamine groups is 2. The fourth-order valence-electron chi connectivity index (χ4n) is 0.403. The molecule has 0 heterocycles. The van der Waals surface area contributed by atoms with Crippen molar-refractivity contribution in [2.75, 3.05) is 20.2 Å². The van der Waals surface area contributed by atoms with Crippen LogP contribution in [0.2, 0.25) is 0 Å². The molecule has 0 aromatic rings. The lowest BCUT2D eigenvalue weighted by molar-refractivity contribution is -0.112. The summed E-state index contributed by atoms with van der Waals surface area (Å²) >= 11 is 4.57. The van der Waals surface area contributed by atoms with E-state index in [0.717, 1.165) is 0 Å². The van der Waals surface area contributed by atoms with Crippen molar-refractivity contribution in [2.24, 2.45) is 0 Å². The maximum Gasteiger partial charge on any atom is 0.0968 e. The predicted octanol–water partition coefficient (Wildman–Crippen LogP) is 1.19. The second kappa shape index (κ2) is 6.65. The monoisotopic (exact) mass is 157 g/mol. The summed E-state index contributed by atoms with van der Waals surface area (Å²) in [6.45, 7) is 4.58. The molecule has 0 aromatic carbocycles. The van der Waals surface area contributed by atoms with E-state index in [1.165, 1.54) is 5.37 Å². The van der Waals surface area contributed by atoms with Gasteiger partial charge >= 0.3 is 0 Å². The van der Waals surface area contributed by atoms with Crippen LogP contribution in [-0.4, -0.2) is 30.6 Å². The van der Waals surface area contributed by atoms with Crippen LogP contribution in [-0.2, 0) is 4.84 Å². The molecule has 0 aliphatic carbocycles. The van der Waals surface area contributed by atoms with Gasteiger partial charge in [0, 0.05) is 19.0 Å². The van der Waals surface area contributed by atoms with E-state index in [1.54, 1.807) is 11.1 Å². The Labute approximate surface area is 66.7 Å². The van der Waals surface area contributed by atoms with Crippen LogP contribution < -0.4 is 0 Å². The first kappa shape index (κ1) is 9.53. The van der Waals surface area contributed by atoms with Gasteiger partial charge in [-0.05, 0) is 6.08 Å². The topological polar surface area (TPSA) is 12.5 Å². The third kappa shape index (κ3) is 5.66. The molecule has 0 bridgehead atoms. The third-order valence-corrected chi connectivity index (χ3v) is 0.992. The highest BCUT2D eigenvalue weighted by Crippen LogP contribution is 1.82. The van der Waals surface area contributed by atoms with E-state index in [-0.39, 0.29) is 0 Å². The van der Waals surface area contributed by atoms with Crippen molar-refractivity contribution in [1.29, 1.82) is 0 Å². The molecular formula is C7H11NOS. The molecule has 0 spiro atoms. The summed E-state index contributed by atoms with van der Waals surface area (Å²) in [6.07, 6.45) is 1.78. The number of rotatable bonds is 5. The van der Waals surface area contributed by atoms with E-state index in [1.807, 2.05) is 7.05 Å². The number of hydrogen-bond acceptors (Lipinski definition) is 3. The average Bonchev–Trinajstić information content (AvgIpc) is 1.97. The summed E-state index contributed by atoms with van der Waals surface area (Å²) in [4.78, 5) is 5.07. The number of hydrogen-bond donors (Lipinski definition) is 0. The van der Waals surface area contributed by atoms with Gasteiger partial charge < -0.3 is 0 Å². The molecule has 10 heavy (non-hydrogen) atoms. The molecule has 0 saturated heterocycles. The van der Waals surface area contributed by atoms with Crippen LogP contribution in [0.5, 0.6) is 0 Å². The first-order valence-electron chi connectivity index (χ1n) is 2.93. The standard InChI is InChI=1S/C7H11NOS/c1-3-4-5-8(2)9-6-7-10/h4,7H,1,5-6H2,2H3. The Balaban J connectivity index is 3.32. The first-order chi connectivity index (χ1) is 4.81. The Morgan fingerprint density at radius 1 is 1.80 bits per heavy atom. The number of nitrogens with zero attached hydrogens (tertiary/aromatic N) is 1. The number of likely N-dealkylation sites (N-methyl/N-ethyl adjacent to an activating group) is 1. The second-order valence-corrected chi connectivity index (χ2v) is 2.01. The zero-order valence-electron chi connectivity index (χ0n) is 6.04. The fraction of sp³-hybridized carbons (Fsp3) is 0.429. The van der Waals surface area contributed by atoms with Crippen molar-refractivity contribution < 1.29 is 4.84 Å². The van der Waals surface area contributed by atoms with Crippen LogP contribution in [0.4, 0.5) is 0 Å². The average molecular weight is 157 g/mol. The SMILES string of the molecule is C=C=CCN(C)OCC=S. The summed E-state index contributed by atoms with van der Waals surface area (Å²) in [6, 6.07) is 0. The first-order valence-corrected chi connectivity index (χ1v) is 3.40. The molecule has 0 atom stereocenters. The van der Waals surface area contributed by atoms with E-state index >= 15 is 0 Å². The fourth-order valence-corrected chi connectivity index (χ4v) is 0.464. The minimum Gasteiger partial charge on any atom is -0.294 e. The van der Waals surface area contributed by atoms with Gasteiger partial charge in [-0.3, -0.25) is 4.84 Å². The van der Waals surface area contributed by atoms with Crippen molar-refractivity contribution in [2.45, 2.75) is 0 Å². The van der Waals surface area contributed by atoms with Crippen molar-refractivity contribution in [1.82, 2.24) is 5.06 Å². The molecule has 0 aliphatic heterocycles. The molecule has 56 valence electrons. The molecule has 0 aromatic heterocycles. The summed E-state index contributed by atoms with van der Waals surface area (Å²) in [7, 11) is 1.83. The second-order valence-electron chi connectivity index (χ2n) is 1.68. The molecule has 2 nitrogen and oxygen atoms in total. The zero-order valence-corrected chi connectivity index (χ0v) is 6.86. The molecule has 0 saturated carbocycles. The van der Waals surface area contributed by atoms with Gasteiger partial charge in [-0.25, -0.2) is 0 Å². The van der Waals surface area contributed by atoms with E-state index in [0.29, 0.717) is 13.2 Å². The zero-order chi connectivity index (χ0) is 7.82. The smallest absolute Gasteiger partial charge is 0.0968 e. The van der Waals surface area contributed by atoms with Crippen LogP contribution in [0.15, 0.2) is 18.4 Å². The molecule has 0 fully saturated rings. The molecular weight excluding hydrogens is 146 g/mol. The van der Waals surface area contributed by atoms with Gasteiger partial charge in [0.05, 0.1) is 6.61 Å². The molecule has 3 heteroatoms. The van der Waals surface area contributed by atoms with Gasteiger partial charge in [-0.1, -0.05) is 18.8 Å². The van der Waals surface area contributed by atoms with Gasteiger partial charge in [0.2, 0.25) is 0 Å². The van der Waals surface area contributed by atoms with Crippen molar-refractivity contribution >= 4 is 17.6 Å². The van der Waals surface area contributed by atoms with Gasteiger partial charge in [0.25, 0.3) is 0 Å². The Hall–Kier alpha value is -0.470. The molecule has 0 radical (unpaired) electrons. The molecule has 0 unspecified atom stereocenters. The Bertz CT molecular complexity index is 141. The maximum atomic E-state index is 5.07. The van der Waals surface area contributed by atoms with Crippen LogP contribution in [0.25, 0.3) is 0 Å². The normalized spacial score (nSPS) is 9.00. The van der Waals surface area contributed by atoms with Crippen LogP contribution in [0, 0.1) is 0 Å². The summed E-state index contributed by atoms with van der Waals surface area (Å²) < 4.78 is 0. The van der Waals surface area contributed by atoms with E-state index < -0.39 is 0 Å². The minimum absolute atomic E-state index is 0.469. The van der Waals surface area contributed by atoms with E-state index in [9.17, 15) is 0 Å². The highest BCUT2D eigenvalue weighted by Gasteiger charge is 1.90. The largest absolute Gasteiger partial charge is 0.294 e. The summed E-state index contributed by atoms with van der Waals surface area (Å²) in [5.74, 6) is 0.